The molecular weight excluding hydrogens is 356 g/mol. The van der Waals surface area contributed by atoms with Crippen LogP contribution in [0, 0.1) is 4.77 Å². The van der Waals surface area contributed by atoms with E-state index in [9.17, 15) is 0 Å². The summed E-state index contributed by atoms with van der Waals surface area (Å²) >= 11 is 6.97. The summed E-state index contributed by atoms with van der Waals surface area (Å²) in [5.74, 6) is 2.08. The maximum absolute atomic E-state index is 5.59. The molecule has 0 unspecified atom stereocenters. The highest BCUT2D eigenvalue weighted by Crippen LogP contribution is 2.30. The first-order valence-corrected chi connectivity index (χ1v) is 9.04. The fourth-order valence-corrected chi connectivity index (χ4v) is 3.27. The maximum Gasteiger partial charge on any atom is 0.216 e. The van der Waals surface area contributed by atoms with E-state index in [-0.39, 0.29) is 0 Å². The van der Waals surface area contributed by atoms with Crippen LogP contribution in [0.4, 0.5) is 0 Å². The maximum atomic E-state index is 5.59. The third kappa shape index (κ3) is 3.97. The summed E-state index contributed by atoms with van der Waals surface area (Å²) in [4.78, 5) is 1.20. The third-order valence-corrected chi connectivity index (χ3v) is 4.60. The lowest BCUT2D eigenvalue weighted by molar-refractivity contribution is 0.310. The van der Waals surface area contributed by atoms with Gasteiger partial charge in [0.1, 0.15) is 0 Å². The smallest absolute Gasteiger partial charge is 0.216 e. The normalized spacial score (nSPS) is 11.1. The van der Waals surface area contributed by atoms with Gasteiger partial charge in [-0.05, 0) is 42.7 Å². The van der Waals surface area contributed by atoms with Gasteiger partial charge in [0.2, 0.25) is 4.77 Å². The molecule has 0 fully saturated rings. The second kappa shape index (κ2) is 8.09. The highest BCUT2D eigenvalue weighted by Gasteiger charge is 2.10. The van der Waals surface area contributed by atoms with E-state index >= 15 is 0 Å². The number of methoxy groups -OCH3 is 1. The average Bonchev–Trinajstić information content (AvgIpc) is 3.24. The van der Waals surface area contributed by atoms with Gasteiger partial charge >= 0.3 is 0 Å². The number of aromatic amines is 1. The van der Waals surface area contributed by atoms with Crippen molar-refractivity contribution in [2.75, 3.05) is 13.7 Å². The summed E-state index contributed by atoms with van der Waals surface area (Å²) in [5.41, 5.74) is 0.804. The van der Waals surface area contributed by atoms with Gasteiger partial charge in [-0.15, -0.1) is 11.3 Å². The van der Waals surface area contributed by atoms with Gasteiger partial charge < -0.3 is 9.47 Å². The lowest BCUT2D eigenvalue weighted by Gasteiger charge is -2.11. The fraction of sp³-hybridized carbons (Fsp3) is 0.235. The molecule has 0 saturated heterocycles. The molecule has 0 aliphatic carbocycles. The third-order valence-electron chi connectivity index (χ3n) is 3.46. The van der Waals surface area contributed by atoms with Crippen molar-refractivity contribution in [3.63, 3.8) is 0 Å². The molecule has 0 atom stereocenters. The number of nitrogens with one attached hydrogen (secondary N) is 1. The molecule has 3 rings (SSSR count). The van der Waals surface area contributed by atoms with Crippen molar-refractivity contribution in [3.8, 4) is 11.5 Å². The number of hydrogen-bond donors (Lipinski definition) is 1. The van der Waals surface area contributed by atoms with Gasteiger partial charge in [0, 0.05) is 16.9 Å². The average molecular weight is 374 g/mol. The van der Waals surface area contributed by atoms with Crippen molar-refractivity contribution in [2.24, 2.45) is 5.10 Å². The van der Waals surface area contributed by atoms with Gasteiger partial charge in [-0.2, -0.15) is 14.9 Å². The molecule has 0 saturated carbocycles. The van der Waals surface area contributed by atoms with Gasteiger partial charge in [-0.1, -0.05) is 12.1 Å². The van der Waals surface area contributed by atoms with Crippen LogP contribution in [-0.4, -0.2) is 34.8 Å². The first kappa shape index (κ1) is 17.4. The van der Waals surface area contributed by atoms with E-state index < -0.39 is 0 Å². The molecule has 0 aliphatic heterocycles. The van der Waals surface area contributed by atoms with Crippen LogP contribution in [-0.2, 0) is 6.42 Å². The number of hydrogen-bond acceptors (Lipinski definition) is 6. The topological polar surface area (TPSA) is 64.4 Å². The largest absolute Gasteiger partial charge is 0.492 e. The Bertz CT molecular complexity index is 913. The standard InChI is InChI=1S/C17H18N4O2S2/c1-3-23-14-8-4-6-12(16(14)22-2)11-18-21-15(19-20-17(21)24)10-13-7-5-9-25-13/h4-9,11H,3,10H2,1-2H3,(H,20,24)/b18-11-. The number of H-pyrrole nitrogens is 1. The minimum atomic E-state index is 0.447. The van der Waals surface area contributed by atoms with Crippen molar-refractivity contribution in [3.05, 3.63) is 56.7 Å². The van der Waals surface area contributed by atoms with E-state index in [1.54, 1.807) is 29.3 Å². The van der Waals surface area contributed by atoms with Gasteiger partial charge in [0.15, 0.2) is 17.3 Å². The van der Waals surface area contributed by atoms with E-state index in [1.165, 1.54) is 4.88 Å². The number of rotatable bonds is 7. The van der Waals surface area contributed by atoms with Gasteiger partial charge in [0.05, 0.1) is 19.9 Å². The van der Waals surface area contributed by atoms with E-state index in [0.717, 1.165) is 11.4 Å². The molecule has 0 spiro atoms. The number of para-hydroxylation sites is 1. The number of thiophene rings is 1. The lowest BCUT2D eigenvalue weighted by Crippen LogP contribution is -2.01. The molecule has 0 aliphatic rings. The molecular formula is C17H18N4O2S2. The second-order valence-electron chi connectivity index (χ2n) is 5.07. The summed E-state index contributed by atoms with van der Waals surface area (Å²) < 4.78 is 13.1. The number of benzene rings is 1. The first-order chi connectivity index (χ1) is 12.2. The predicted octanol–water partition coefficient (Wildman–Crippen LogP) is 3.88. The summed E-state index contributed by atoms with van der Waals surface area (Å²) in [7, 11) is 1.61. The zero-order valence-electron chi connectivity index (χ0n) is 13.9. The van der Waals surface area contributed by atoms with Crippen LogP contribution in [0.3, 0.4) is 0 Å². The Morgan fingerprint density at radius 2 is 2.24 bits per heavy atom. The molecule has 0 amide bonds. The Morgan fingerprint density at radius 3 is 2.96 bits per heavy atom. The van der Waals surface area contributed by atoms with Crippen molar-refractivity contribution in [2.45, 2.75) is 13.3 Å². The Hall–Kier alpha value is -2.45. The second-order valence-corrected chi connectivity index (χ2v) is 6.49. The quantitative estimate of drug-likeness (QED) is 0.503. The zero-order chi connectivity index (χ0) is 17.6. The van der Waals surface area contributed by atoms with Crippen molar-refractivity contribution >= 4 is 29.8 Å². The molecule has 8 heteroatoms. The van der Waals surface area contributed by atoms with Crippen LogP contribution in [0.5, 0.6) is 11.5 Å². The Morgan fingerprint density at radius 1 is 1.36 bits per heavy atom. The highest BCUT2D eigenvalue weighted by atomic mass is 32.1. The molecule has 2 heterocycles. The van der Waals surface area contributed by atoms with Crippen molar-refractivity contribution < 1.29 is 9.47 Å². The predicted molar refractivity (Wildman–Crippen MR) is 102 cm³/mol. The van der Waals surface area contributed by atoms with Crippen molar-refractivity contribution in [1.29, 1.82) is 0 Å². The van der Waals surface area contributed by atoms with Crippen LogP contribution >= 0.6 is 23.6 Å². The Balaban J connectivity index is 1.91. The zero-order valence-corrected chi connectivity index (χ0v) is 15.6. The lowest BCUT2D eigenvalue weighted by atomic mass is 10.2. The van der Waals surface area contributed by atoms with Crippen LogP contribution in [0.2, 0.25) is 0 Å². The Kier molecular flexibility index (Phi) is 5.62. The highest BCUT2D eigenvalue weighted by molar-refractivity contribution is 7.71. The molecule has 130 valence electrons. The van der Waals surface area contributed by atoms with Crippen LogP contribution in [0.15, 0.2) is 40.8 Å². The van der Waals surface area contributed by atoms with Crippen LogP contribution < -0.4 is 9.47 Å². The molecule has 1 N–H and O–H groups in total. The van der Waals surface area contributed by atoms with Crippen LogP contribution in [0.1, 0.15) is 23.2 Å². The molecule has 3 aromatic rings. The molecule has 0 bridgehead atoms. The first-order valence-electron chi connectivity index (χ1n) is 7.75. The molecule has 6 nitrogen and oxygen atoms in total. The van der Waals surface area contributed by atoms with Crippen LogP contribution in [0.25, 0.3) is 0 Å². The van der Waals surface area contributed by atoms with Crippen molar-refractivity contribution in [1.82, 2.24) is 14.9 Å². The van der Waals surface area contributed by atoms with E-state index in [4.69, 9.17) is 21.7 Å². The van der Waals surface area contributed by atoms with E-state index in [0.29, 0.717) is 29.3 Å². The summed E-state index contributed by atoms with van der Waals surface area (Å²) in [6, 6.07) is 9.75. The molecule has 1 aromatic carbocycles. The SMILES string of the molecule is CCOc1cccc(/C=N\n2c(Cc3cccs3)n[nH]c2=S)c1OC. The van der Waals surface area contributed by atoms with Gasteiger partial charge in [-0.25, -0.2) is 0 Å². The number of nitrogens with zero attached hydrogens (tertiary/aromatic N) is 3. The number of ether oxygens (including phenoxy) is 2. The molecule has 25 heavy (non-hydrogen) atoms. The number of aromatic nitrogens is 3. The summed E-state index contributed by atoms with van der Waals surface area (Å²) in [6.07, 6.45) is 2.36. The van der Waals surface area contributed by atoms with Gasteiger partial charge in [0.25, 0.3) is 0 Å². The van der Waals surface area contributed by atoms with E-state index in [1.807, 2.05) is 36.6 Å². The molecule has 0 radical (unpaired) electrons. The summed E-state index contributed by atoms with van der Waals surface area (Å²) in [5, 5.41) is 13.6. The van der Waals surface area contributed by atoms with Gasteiger partial charge in [-0.3, -0.25) is 5.10 Å². The Labute approximate surface area is 154 Å². The monoisotopic (exact) mass is 374 g/mol. The molecule has 2 aromatic heterocycles. The van der Waals surface area contributed by atoms with E-state index in [2.05, 4.69) is 21.4 Å². The minimum absolute atomic E-state index is 0.447. The minimum Gasteiger partial charge on any atom is -0.492 e. The summed E-state index contributed by atoms with van der Waals surface area (Å²) in [6.45, 7) is 2.50. The fourth-order valence-electron chi connectivity index (χ4n) is 2.37.